The lowest BCUT2D eigenvalue weighted by Gasteiger charge is -2.12. The van der Waals surface area contributed by atoms with Gasteiger partial charge in [-0.25, -0.2) is 0 Å². The molecule has 3 rings (SSSR count). The maximum atomic E-state index is 12.1. The molecule has 0 radical (unpaired) electrons. The maximum Gasteiger partial charge on any atom is 0.251 e. The molecule has 19 heavy (non-hydrogen) atoms. The van der Waals surface area contributed by atoms with Crippen molar-refractivity contribution in [2.45, 2.75) is 25.8 Å². The second kappa shape index (κ2) is 4.85. The number of nitrogens with two attached hydrogens (primary N) is 1. The molecule has 0 bridgehead atoms. The van der Waals surface area contributed by atoms with Gasteiger partial charge in [-0.15, -0.1) is 0 Å². The molecule has 2 N–H and O–H groups in total. The van der Waals surface area contributed by atoms with Gasteiger partial charge in [-0.1, -0.05) is 12.1 Å². The fraction of sp³-hybridized carbons (Fsp3) is 0.267. The van der Waals surface area contributed by atoms with E-state index in [-0.39, 0.29) is 5.56 Å². The maximum absolute atomic E-state index is 12.1. The third-order valence-corrected chi connectivity index (χ3v) is 4.37. The number of benzene rings is 1. The van der Waals surface area contributed by atoms with Crippen LogP contribution in [-0.2, 0) is 19.4 Å². The quantitative estimate of drug-likeness (QED) is 0.865. The number of rotatable bonds is 2. The van der Waals surface area contributed by atoms with Crippen LogP contribution in [0, 0.1) is 0 Å². The SMILES string of the molecule is Nc1cc(Cn2c3c(ccc2=O)CCC3)ccc1Br. The zero-order valence-electron chi connectivity index (χ0n) is 10.5. The molecule has 0 atom stereocenters. The van der Waals surface area contributed by atoms with Crippen molar-refractivity contribution in [3.63, 3.8) is 0 Å². The highest BCUT2D eigenvalue weighted by molar-refractivity contribution is 9.10. The largest absolute Gasteiger partial charge is 0.398 e. The molecule has 0 unspecified atom stereocenters. The molecular formula is C15H15BrN2O. The van der Waals surface area contributed by atoms with Crippen LogP contribution < -0.4 is 11.3 Å². The first-order valence-corrected chi connectivity index (χ1v) is 7.20. The number of nitrogen functional groups attached to an aromatic ring is 1. The Bertz CT molecular complexity index is 691. The standard InChI is InChI=1S/C15H15BrN2O/c16-12-6-4-10(8-13(12)17)9-18-14-3-1-2-11(14)5-7-15(18)19/h4-8H,1-3,9,17H2. The highest BCUT2D eigenvalue weighted by atomic mass is 79.9. The van der Waals surface area contributed by atoms with Gasteiger partial charge in [0.1, 0.15) is 0 Å². The van der Waals surface area contributed by atoms with Crippen molar-refractivity contribution < 1.29 is 0 Å². The Morgan fingerprint density at radius 1 is 1.21 bits per heavy atom. The number of halogens is 1. The van der Waals surface area contributed by atoms with Crippen molar-refractivity contribution in [2.24, 2.45) is 0 Å². The second-order valence-corrected chi connectivity index (χ2v) is 5.79. The summed E-state index contributed by atoms with van der Waals surface area (Å²) in [6, 6.07) is 9.49. The minimum absolute atomic E-state index is 0.0714. The van der Waals surface area contributed by atoms with Gasteiger partial charge in [0.2, 0.25) is 0 Å². The molecule has 0 aliphatic heterocycles. The molecule has 1 aromatic carbocycles. The fourth-order valence-corrected chi connectivity index (χ4v) is 2.93. The van der Waals surface area contributed by atoms with Gasteiger partial charge in [0, 0.05) is 21.9 Å². The molecule has 0 saturated carbocycles. The Labute approximate surface area is 120 Å². The minimum Gasteiger partial charge on any atom is -0.398 e. The van der Waals surface area contributed by atoms with E-state index >= 15 is 0 Å². The van der Waals surface area contributed by atoms with Gasteiger partial charge in [-0.3, -0.25) is 4.79 Å². The summed E-state index contributed by atoms with van der Waals surface area (Å²) in [5, 5.41) is 0. The van der Waals surface area contributed by atoms with Crippen molar-refractivity contribution >= 4 is 21.6 Å². The number of anilines is 1. The van der Waals surface area contributed by atoms with E-state index in [9.17, 15) is 4.79 Å². The zero-order chi connectivity index (χ0) is 13.4. The van der Waals surface area contributed by atoms with E-state index in [0.717, 1.165) is 29.3 Å². The third kappa shape index (κ3) is 2.32. The number of hydrogen-bond donors (Lipinski definition) is 1. The molecule has 0 spiro atoms. The van der Waals surface area contributed by atoms with Crippen molar-refractivity contribution in [2.75, 3.05) is 5.73 Å². The monoisotopic (exact) mass is 318 g/mol. The Morgan fingerprint density at radius 3 is 2.84 bits per heavy atom. The van der Waals surface area contributed by atoms with E-state index in [1.165, 1.54) is 11.3 Å². The summed E-state index contributed by atoms with van der Waals surface area (Å²) >= 11 is 3.39. The van der Waals surface area contributed by atoms with Gasteiger partial charge >= 0.3 is 0 Å². The molecule has 1 aliphatic rings. The molecule has 4 heteroatoms. The van der Waals surface area contributed by atoms with Crippen molar-refractivity contribution in [1.29, 1.82) is 0 Å². The van der Waals surface area contributed by atoms with Crippen LogP contribution in [0.1, 0.15) is 23.2 Å². The summed E-state index contributed by atoms with van der Waals surface area (Å²) in [7, 11) is 0. The summed E-state index contributed by atoms with van der Waals surface area (Å²) in [5.41, 5.74) is 10.2. The smallest absolute Gasteiger partial charge is 0.251 e. The number of aromatic nitrogens is 1. The number of fused-ring (bicyclic) bond motifs is 1. The van der Waals surface area contributed by atoms with E-state index in [4.69, 9.17) is 5.73 Å². The van der Waals surface area contributed by atoms with Crippen LogP contribution in [0.5, 0.6) is 0 Å². The predicted octanol–water partition coefficient (Wildman–Crippen LogP) is 2.73. The van der Waals surface area contributed by atoms with Crippen LogP contribution in [0.2, 0.25) is 0 Å². The molecule has 98 valence electrons. The average molecular weight is 319 g/mol. The summed E-state index contributed by atoms with van der Waals surface area (Å²) in [4.78, 5) is 12.1. The molecule has 0 saturated heterocycles. The highest BCUT2D eigenvalue weighted by Crippen LogP contribution is 2.23. The number of aryl methyl sites for hydroxylation is 1. The van der Waals surface area contributed by atoms with Gasteiger partial charge < -0.3 is 10.3 Å². The summed E-state index contributed by atoms with van der Waals surface area (Å²) in [5.74, 6) is 0. The van der Waals surface area contributed by atoms with Crippen molar-refractivity contribution in [1.82, 2.24) is 4.57 Å². The number of hydrogen-bond acceptors (Lipinski definition) is 2. The molecular weight excluding hydrogens is 304 g/mol. The zero-order valence-corrected chi connectivity index (χ0v) is 12.1. The van der Waals surface area contributed by atoms with Crippen LogP contribution in [0.3, 0.4) is 0 Å². The Hall–Kier alpha value is -1.55. The number of nitrogens with zero attached hydrogens (tertiary/aromatic N) is 1. The average Bonchev–Trinajstić information content (AvgIpc) is 2.86. The molecule has 1 aliphatic carbocycles. The molecule has 0 amide bonds. The topological polar surface area (TPSA) is 48.0 Å². The lowest BCUT2D eigenvalue weighted by atomic mass is 10.1. The number of pyridine rings is 1. The van der Waals surface area contributed by atoms with Gasteiger partial charge in [-0.2, -0.15) is 0 Å². The predicted molar refractivity (Wildman–Crippen MR) is 80.4 cm³/mol. The van der Waals surface area contributed by atoms with Crippen LogP contribution >= 0.6 is 15.9 Å². The molecule has 0 fully saturated rings. The van der Waals surface area contributed by atoms with Crippen LogP contribution in [0.4, 0.5) is 5.69 Å². The summed E-state index contributed by atoms with van der Waals surface area (Å²) < 4.78 is 2.77. The van der Waals surface area contributed by atoms with E-state index < -0.39 is 0 Å². The first-order valence-electron chi connectivity index (χ1n) is 6.40. The van der Waals surface area contributed by atoms with Crippen LogP contribution in [0.25, 0.3) is 0 Å². The summed E-state index contributed by atoms with van der Waals surface area (Å²) in [6.07, 6.45) is 3.22. The van der Waals surface area contributed by atoms with Gasteiger partial charge in [0.25, 0.3) is 5.56 Å². The van der Waals surface area contributed by atoms with Crippen molar-refractivity contribution in [3.8, 4) is 0 Å². The normalized spacial score (nSPS) is 13.5. The molecule has 1 heterocycles. The Morgan fingerprint density at radius 2 is 2.05 bits per heavy atom. The highest BCUT2D eigenvalue weighted by Gasteiger charge is 2.15. The first kappa shape index (κ1) is 12.5. The summed E-state index contributed by atoms with van der Waals surface area (Å²) in [6.45, 7) is 0.597. The first-order chi connectivity index (χ1) is 9.15. The van der Waals surface area contributed by atoms with E-state index in [1.807, 2.05) is 28.8 Å². The van der Waals surface area contributed by atoms with Crippen molar-refractivity contribution in [3.05, 3.63) is 62.0 Å². The van der Waals surface area contributed by atoms with Gasteiger partial charge in [-0.05, 0) is 58.5 Å². The minimum atomic E-state index is 0.0714. The Balaban J connectivity index is 2.02. The molecule has 1 aromatic heterocycles. The van der Waals surface area contributed by atoms with E-state index in [0.29, 0.717) is 12.2 Å². The third-order valence-electron chi connectivity index (χ3n) is 3.65. The second-order valence-electron chi connectivity index (χ2n) is 4.94. The van der Waals surface area contributed by atoms with Crippen LogP contribution in [-0.4, -0.2) is 4.57 Å². The lowest BCUT2D eigenvalue weighted by molar-refractivity contribution is 0.707. The van der Waals surface area contributed by atoms with E-state index in [2.05, 4.69) is 15.9 Å². The van der Waals surface area contributed by atoms with Gasteiger partial charge in [0.15, 0.2) is 0 Å². The Kier molecular flexibility index (Phi) is 3.19. The fourth-order valence-electron chi connectivity index (χ4n) is 2.68. The lowest BCUT2D eigenvalue weighted by Crippen LogP contribution is -2.23. The molecule has 2 aromatic rings. The molecule has 3 nitrogen and oxygen atoms in total. The van der Waals surface area contributed by atoms with Gasteiger partial charge in [0.05, 0.1) is 6.54 Å². The van der Waals surface area contributed by atoms with E-state index in [1.54, 1.807) is 6.07 Å². The van der Waals surface area contributed by atoms with Crippen LogP contribution in [0.15, 0.2) is 39.6 Å².